The van der Waals surface area contributed by atoms with Gasteiger partial charge in [0.15, 0.2) is 0 Å². The Balaban J connectivity index is 0. The van der Waals surface area contributed by atoms with Gasteiger partial charge in [0.25, 0.3) is 0 Å². The highest BCUT2D eigenvalue weighted by Crippen LogP contribution is 2.18. The van der Waals surface area contributed by atoms with Gasteiger partial charge < -0.3 is 14.4 Å². The summed E-state index contributed by atoms with van der Waals surface area (Å²) in [6, 6.07) is 0. The van der Waals surface area contributed by atoms with Gasteiger partial charge in [0.05, 0.1) is 6.61 Å². The second-order valence-corrected chi connectivity index (χ2v) is 15.4. The van der Waals surface area contributed by atoms with Gasteiger partial charge in [-0.05, 0) is 71.0 Å². The van der Waals surface area contributed by atoms with E-state index >= 15 is 0 Å². The van der Waals surface area contributed by atoms with E-state index in [9.17, 15) is 9.59 Å². The lowest BCUT2D eigenvalue weighted by Crippen LogP contribution is -2.27. The molecule has 0 bridgehead atoms. The molecule has 0 aromatic rings. The summed E-state index contributed by atoms with van der Waals surface area (Å²) in [5.41, 5.74) is 0. The summed E-state index contributed by atoms with van der Waals surface area (Å²) < 4.78 is 5.38. The summed E-state index contributed by atoms with van der Waals surface area (Å²) in [5.74, 6) is 1.30. The third kappa shape index (κ3) is 45.1. The maximum atomic E-state index is 11.9. The first-order valence-corrected chi connectivity index (χ1v) is 22.3. The first-order chi connectivity index (χ1) is 23.9. The van der Waals surface area contributed by atoms with E-state index in [0.717, 1.165) is 38.0 Å². The zero-order valence-electron chi connectivity index (χ0n) is 34.7. The molecule has 0 fully saturated rings. The van der Waals surface area contributed by atoms with Crippen LogP contribution in [0, 0.1) is 5.92 Å². The molecule has 0 rings (SSSR count). The highest BCUT2D eigenvalue weighted by Gasteiger charge is 2.06. The van der Waals surface area contributed by atoms with Gasteiger partial charge in [0.1, 0.15) is 5.78 Å². The predicted octanol–water partition coefficient (Wildman–Crippen LogP) is 14.6. The van der Waals surface area contributed by atoms with Crippen molar-refractivity contribution in [3.63, 3.8) is 0 Å². The predicted molar refractivity (Wildman–Crippen MR) is 218 cm³/mol. The van der Waals surface area contributed by atoms with E-state index in [4.69, 9.17) is 4.74 Å². The van der Waals surface area contributed by atoms with Crippen LogP contribution in [0.25, 0.3) is 0 Å². The number of rotatable bonds is 38. The largest absolute Gasteiger partial charge is 0.466 e. The molecule has 0 aliphatic rings. The number of ketones is 1. The highest BCUT2D eigenvalue weighted by atomic mass is 16.5. The van der Waals surface area contributed by atoms with Crippen LogP contribution in [0.3, 0.4) is 0 Å². The number of Topliss-reactive ketones (excluding diaryl/α,β-unsaturated/α-hetero) is 1. The highest BCUT2D eigenvalue weighted by molar-refractivity contribution is 5.75. The van der Waals surface area contributed by atoms with Crippen LogP contribution in [-0.4, -0.2) is 42.9 Å². The van der Waals surface area contributed by atoms with Gasteiger partial charge in [-0.1, -0.05) is 189 Å². The lowest BCUT2D eigenvalue weighted by atomic mass is 9.96. The molecule has 4 nitrogen and oxygen atoms in total. The van der Waals surface area contributed by atoms with E-state index in [1.807, 2.05) is 0 Å². The molecule has 1 atom stereocenters. The average Bonchev–Trinajstić information content (AvgIpc) is 3.09. The van der Waals surface area contributed by atoms with Crippen LogP contribution >= 0.6 is 0 Å². The van der Waals surface area contributed by atoms with Crippen molar-refractivity contribution in [3.8, 4) is 0 Å². The van der Waals surface area contributed by atoms with Gasteiger partial charge in [0, 0.05) is 12.8 Å². The molecule has 0 N–H and O–H groups in total. The lowest BCUT2D eigenvalue weighted by Gasteiger charge is -2.22. The van der Waals surface area contributed by atoms with Gasteiger partial charge in [-0.3, -0.25) is 4.79 Å². The molecule has 0 saturated heterocycles. The smallest absolute Gasteiger partial charge is 0.305 e. The molecular weight excluding hydrogens is 602 g/mol. The Hall–Kier alpha value is -0.900. The standard InChI is InChI=1S/C30H59NO3.C15H32/c1-4-6-8-9-10-17-22-28-34-30(33)24-19-14-12-16-21-27-31(25-7-5-2)26-20-15-11-13-18-23-29(3)32;1-4-6-8-10-12-14-15(3)13-11-9-7-5-2/h4-28H2,1-3H3;15H,4-14H2,1-3H3. The van der Waals surface area contributed by atoms with Crippen molar-refractivity contribution < 1.29 is 14.3 Å². The minimum Gasteiger partial charge on any atom is -0.466 e. The summed E-state index contributed by atoms with van der Waals surface area (Å²) in [6.45, 7) is 17.5. The first-order valence-electron chi connectivity index (χ1n) is 22.3. The summed E-state index contributed by atoms with van der Waals surface area (Å²) in [7, 11) is 0. The molecule has 294 valence electrons. The van der Waals surface area contributed by atoms with Crippen LogP contribution < -0.4 is 0 Å². The van der Waals surface area contributed by atoms with E-state index in [-0.39, 0.29) is 5.97 Å². The molecule has 0 aromatic heterocycles. The van der Waals surface area contributed by atoms with Crippen LogP contribution in [0.15, 0.2) is 0 Å². The molecule has 0 spiro atoms. The van der Waals surface area contributed by atoms with Gasteiger partial charge in [-0.2, -0.15) is 0 Å². The van der Waals surface area contributed by atoms with Crippen molar-refractivity contribution in [1.29, 1.82) is 0 Å². The Morgan fingerprint density at radius 1 is 0.449 bits per heavy atom. The van der Waals surface area contributed by atoms with Crippen LogP contribution in [0.2, 0.25) is 0 Å². The number of unbranched alkanes of at least 4 members (excludes halogenated alkanes) is 22. The number of nitrogens with zero attached hydrogens (tertiary/aromatic N) is 1. The fourth-order valence-corrected chi connectivity index (χ4v) is 6.57. The molecule has 0 saturated carbocycles. The van der Waals surface area contributed by atoms with Gasteiger partial charge in [-0.15, -0.1) is 0 Å². The summed E-state index contributed by atoms with van der Waals surface area (Å²) in [4.78, 5) is 25.5. The Morgan fingerprint density at radius 3 is 1.31 bits per heavy atom. The number of carbonyl (C=O) groups excluding carboxylic acids is 2. The molecule has 49 heavy (non-hydrogen) atoms. The van der Waals surface area contributed by atoms with Gasteiger partial charge >= 0.3 is 5.97 Å². The molecule has 0 amide bonds. The Kier molecular flexibility index (Phi) is 44.3. The maximum Gasteiger partial charge on any atom is 0.305 e. The van der Waals surface area contributed by atoms with Gasteiger partial charge in [0.2, 0.25) is 0 Å². The number of ether oxygens (including phenoxy) is 1. The molecule has 4 heteroatoms. The monoisotopic (exact) mass is 694 g/mol. The number of hydrogen-bond acceptors (Lipinski definition) is 4. The summed E-state index contributed by atoms with van der Waals surface area (Å²) in [5, 5.41) is 0. The fourth-order valence-electron chi connectivity index (χ4n) is 6.57. The van der Waals surface area contributed by atoms with Crippen LogP contribution in [0.4, 0.5) is 0 Å². The van der Waals surface area contributed by atoms with E-state index in [0.29, 0.717) is 18.8 Å². The van der Waals surface area contributed by atoms with E-state index in [2.05, 4.69) is 39.5 Å². The molecule has 0 aliphatic carbocycles. The second-order valence-electron chi connectivity index (χ2n) is 15.4. The number of esters is 1. The third-order valence-corrected chi connectivity index (χ3v) is 10.0. The Morgan fingerprint density at radius 2 is 0.816 bits per heavy atom. The minimum absolute atomic E-state index is 0.00184. The molecule has 0 radical (unpaired) electrons. The van der Waals surface area contributed by atoms with Crippen molar-refractivity contribution in [2.24, 2.45) is 5.92 Å². The fraction of sp³-hybridized carbons (Fsp3) is 0.956. The van der Waals surface area contributed by atoms with Crippen molar-refractivity contribution in [2.45, 2.75) is 247 Å². The topological polar surface area (TPSA) is 46.6 Å². The van der Waals surface area contributed by atoms with E-state index in [1.165, 1.54) is 187 Å². The van der Waals surface area contributed by atoms with Crippen molar-refractivity contribution in [3.05, 3.63) is 0 Å². The van der Waals surface area contributed by atoms with E-state index < -0.39 is 0 Å². The van der Waals surface area contributed by atoms with Crippen molar-refractivity contribution >= 4 is 11.8 Å². The SMILES string of the molecule is CCCCCCCC(C)CCCCCC.CCCCCCCCCOC(=O)CCCCCCCN(CCCC)CCCCCCCC(C)=O. The molecule has 1 unspecified atom stereocenters. The van der Waals surface area contributed by atoms with Crippen LogP contribution in [0.1, 0.15) is 247 Å². The third-order valence-electron chi connectivity index (χ3n) is 10.0. The van der Waals surface area contributed by atoms with E-state index in [1.54, 1.807) is 6.92 Å². The van der Waals surface area contributed by atoms with Gasteiger partial charge in [-0.25, -0.2) is 0 Å². The lowest BCUT2D eigenvalue weighted by molar-refractivity contribution is -0.143. The maximum absolute atomic E-state index is 11.9. The molecule has 0 heterocycles. The average molecular weight is 694 g/mol. The minimum atomic E-state index is -0.00184. The van der Waals surface area contributed by atoms with Crippen molar-refractivity contribution in [1.82, 2.24) is 4.90 Å². The first kappa shape index (κ1) is 50.2. The molecule has 0 aliphatic heterocycles. The van der Waals surface area contributed by atoms with Crippen LogP contribution in [0.5, 0.6) is 0 Å². The summed E-state index contributed by atoms with van der Waals surface area (Å²) >= 11 is 0. The Labute approximate surface area is 309 Å². The van der Waals surface area contributed by atoms with Crippen molar-refractivity contribution in [2.75, 3.05) is 26.2 Å². The molecular formula is C45H91NO3. The van der Waals surface area contributed by atoms with Crippen LogP contribution in [-0.2, 0) is 14.3 Å². The summed E-state index contributed by atoms with van der Waals surface area (Å²) in [6.07, 6.45) is 40.5. The second kappa shape index (κ2) is 43.3. The zero-order valence-corrected chi connectivity index (χ0v) is 34.7. The normalized spacial score (nSPS) is 11.8. The molecule has 0 aromatic carbocycles. The number of carbonyl (C=O) groups is 2. The quantitative estimate of drug-likeness (QED) is 0.0477. The Bertz CT molecular complexity index is 651. The zero-order chi connectivity index (χ0) is 36.5. The number of hydrogen-bond donors (Lipinski definition) is 0.